The fraction of sp³-hybridized carbons (Fsp3) is 0.591. The zero-order valence-electron chi connectivity index (χ0n) is 16.4. The van der Waals surface area contributed by atoms with Crippen molar-refractivity contribution in [3.05, 3.63) is 47.7 Å². The average molecular weight is 343 g/mol. The van der Waals surface area contributed by atoms with Crippen LogP contribution >= 0.6 is 0 Å². The van der Waals surface area contributed by atoms with Crippen molar-refractivity contribution in [1.29, 1.82) is 0 Å². The lowest BCUT2D eigenvalue weighted by Gasteiger charge is -2.22. The van der Waals surface area contributed by atoms with Gasteiger partial charge in [0.05, 0.1) is 0 Å². The molecule has 1 fully saturated rings. The second kappa shape index (κ2) is 9.65. The first-order chi connectivity index (χ1) is 12.1. The lowest BCUT2D eigenvalue weighted by molar-refractivity contribution is -0.125. The molecule has 25 heavy (non-hydrogen) atoms. The highest BCUT2D eigenvalue weighted by Crippen LogP contribution is 2.29. The van der Waals surface area contributed by atoms with Gasteiger partial charge in [0.1, 0.15) is 0 Å². The first kappa shape index (κ1) is 19.6. The maximum Gasteiger partial charge on any atom is 0.253 e. The summed E-state index contributed by atoms with van der Waals surface area (Å²) in [7, 11) is 2.13. The highest BCUT2D eigenvalue weighted by molar-refractivity contribution is 5.96. The van der Waals surface area contributed by atoms with Crippen molar-refractivity contribution < 1.29 is 4.79 Å². The molecule has 1 aliphatic carbocycles. The molecule has 1 saturated heterocycles. The van der Waals surface area contributed by atoms with Crippen LogP contribution in [0.5, 0.6) is 0 Å². The Morgan fingerprint density at radius 2 is 2.00 bits per heavy atom. The molecule has 3 nitrogen and oxygen atoms in total. The summed E-state index contributed by atoms with van der Waals surface area (Å²) in [5.41, 5.74) is 2.43. The van der Waals surface area contributed by atoms with Crippen LogP contribution in [0.1, 0.15) is 46.5 Å². The number of rotatable bonds is 2. The van der Waals surface area contributed by atoms with Crippen LogP contribution in [0.2, 0.25) is 0 Å². The van der Waals surface area contributed by atoms with Crippen LogP contribution in [-0.4, -0.2) is 42.4 Å². The lowest BCUT2D eigenvalue weighted by atomic mass is 9.93. The molecule has 0 aromatic carbocycles. The Hall–Kier alpha value is -1.77. The zero-order valence-corrected chi connectivity index (χ0v) is 16.4. The minimum absolute atomic E-state index is 0.221. The molecule has 3 aliphatic rings. The lowest BCUT2D eigenvalue weighted by Crippen LogP contribution is -2.30. The van der Waals surface area contributed by atoms with E-state index in [9.17, 15) is 4.79 Å². The molecule has 3 rings (SSSR count). The van der Waals surface area contributed by atoms with Crippen molar-refractivity contribution in [3.8, 4) is 0 Å². The van der Waals surface area contributed by atoms with Crippen molar-refractivity contribution in [2.75, 3.05) is 26.7 Å². The van der Waals surface area contributed by atoms with E-state index in [-0.39, 0.29) is 5.91 Å². The maximum atomic E-state index is 12.7. The van der Waals surface area contributed by atoms with Gasteiger partial charge >= 0.3 is 0 Å². The second-order valence-electron chi connectivity index (χ2n) is 7.10. The van der Waals surface area contributed by atoms with Crippen LogP contribution in [0.4, 0.5) is 0 Å². The van der Waals surface area contributed by atoms with Gasteiger partial charge in [0.15, 0.2) is 0 Å². The van der Waals surface area contributed by atoms with Gasteiger partial charge in [-0.3, -0.25) is 4.79 Å². The van der Waals surface area contributed by atoms with Crippen LogP contribution < -0.4 is 0 Å². The van der Waals surface area contributed by atoms with Crippen molar-refractivity contribution in [2.45, 2.75) is 46.5 Å². The molecule has 0 aromatic rings. The quantitative estimate of drug-likeness (QED) is 0.687. The summed E-state index contributed by atoms with van der Waals surface area (Å²) < 4.78 is 0. The van der Waals surface area contributed by atoms with Crippen LogP contribution in [0, 0.1) is 11.8 Å². The van der Waals surface area contributed by atoms with Crippen LogP contribution in [-0.2, 0) is 4.79 Å². The van der Waals surface area contributed by atoms with Crippen molar-refractivity contribution >= 4 is 5.91 Å². The van der Waals surface area contributed by atoms with Gasteiger partial charge in [-0.2, -0.15) is 0 Å². The molecule has 2 heterocycles. The first-order valence-electron chi connectivity index (χ1n) is 9.87. The fourth-order valence-corrected chi connectivity index (χ4v) is 3.63. The summed E-state index contributed by atoms with van der Waals surface area (Å²) in [4.78, 5) is 17.0. The van der Waals surface area contributed by atoms with Gasteiger partial charge in [0.25, 0.3) is 5.91 Å². The Kier molecular flexibility index (Phi) is 7.54. The first-order valence-corrected chi connectivity index (χ1v) is 9.87. The molecular formula is C22H34N2O. The van der Waals surface area contributed by atoms with E-state index < -0.39 is 0 Å². The molecule has 2 atom stereocenters. The number of hydrogen-bond acceptors (Lipinski definition) is 2. The number of likely N-dealkylation sites (tertiary alicyclic amines) is 1. The normalized spacial score (nSPS) is 29.6. The molecule has 1 amide bonds. The number of carbonyl (C=O) groups excluding carboxylic acids is 1. The van der Waals surface area contributed by atoms with Crippen molar-refractivity contribution in [3.63, 3.8) is 0 Å². The fourth-order valence-electron chi connectivity index (χ4n) is 3.63. The van der Waals surface area contributed by atoms with E-state index in [1.807, 2.05) is 19.9 Å². The van der Waals surface area contributed by atoms with Gasteiger partial charge in [-0.15, -0.1) is 0 Å². The molecule has 2 aliphatic heterocycles. The SMILES string of the molecule is CC.CC1C=CC(C(=O)N2CCC(/C3=C/C/C=C\N(C)CC3)C2)=CC1. The number of nitrogens with zero attached hydrogens (tertiary/aromatic N) is 2. The smallest absolute Gasteiger partial charge is 0.253 e. The molecule has 138 valence electrons. The van der Waals surface area contributed by atoms with Crippen LogP contribution in [0.25, 0.3) is 0 Å². The predicted octanol–water partition coefficient (Wildman–Crippen LogP) is 4.55. The topological polar surface area (TPSA) is 23.6 Å². The van der Waals surface area contributed by atoms with E-state index in [1.165, 1.54) is 0 Å². The summed E-state index contributed by atoms with van der Waals surface area (Å²) in [5.74, 6) is 1.33. The highest BCUT2D eigenvalue weighted by Gasteiger charge is 2.29. The number of hydrogen-bond donors (Lipinski definition) is 0. The molecule has 0 aromatic heterocycles. The Balaban J connectivity index is 0.00000109. The van der Waals surface area contributed by atoms with Gasteiger partial charge in [-0.05, 0) is 43.7 Å². The Labute approximate surface area is 153 Å². The highest BCUT2D eigenvalue weighted by atomic mass is 16.2. The minimum Gasteiger partial charge on any atom is -0.380 e. The minimum atomic E-state index is 0.221. The van der Waals surface area contributed by atoms with E-state index in [4.69, 9.17) is 0 Å². The standard InChI is InChI=1S/C20H28N2O.C2H6/c1-16-6-8-18(9-7-16)20(23)22-14-11-19(15-22)17-5-3-4-12-21(2)13-10-17;1-2/h4-6,8-9,12,16,19H,3,7,10-11,13-15H2,1-2H3;1-2H3/b12-4-,17-5+;. The van der Waals surface area contributed by atoms with Gasteiger partial charge in [-0.1, -0.05) is 56.7 Å². The molecule has 0 bridgehead atoms. The van der Waals surface area contributed by atoms with E-state index >= 15 is 0 Å². The van der Waals surface area contributed by atoms with Gasteiger partial charge in [0.2, 0.25) is 0 Å². The van der Waals surface area contributed by atoms with Crippen LogP contribution in [0.15, 0.2) is 47.7 Å². The molecule has 3 heteroatoms. The number of amides is 1. The Morgan fingerprint density at radius 1 is 1.20 bits per heavy atom. The summed E-state index contributed by atoms with van der Waals surface area (Å²) >= 11 is 0. The van der Waals surface area contributed by atoms with Crippen molar-refractivity contribution in [1.82, 2.24) is 9.80 Å². The maximum absolute atomic E-state index is 12.7. The van der Waals surface area contributed by atoms with Crippen LogP contribution in [0.3, 0.4) is 0 Å². The van der Waals surface area contributed by atoms with Gasteiger partial charge in [-0.25, -0.2) is 0 Å². The molecule has 0 spiro atoms. The third-order valence-corrected chi connectivity index (χ3v) is 5.19. The summed E-state index contributed by atoms with van der Waals surface area (Å²) in [6.45, 7) is 9.04. The monoisotopic (exact) mass is 342 g/mol. The predicted molar refractivity (Wildman–Crippen MR) is 106 cm³/mol. The third-order valence-electron chi connectivity index (χ3n) is 5.19. The second-order valence-corrected chi connectivity index (χ2v) is 7.10. The Morgan fingerprint density at radius 3 is 2.72 bits per heavy atom. The Bertz CT molecular complexity index is 571. The van der Waals surface area contributed by atoms with Gasteiger partial charge < -0.3 is 9.80 Å². The molecule has 0 N–H and O–H groups in total. The summed E-state index contributed by atoms with van der Waals surface area (Å²) in [6, 6.07) is 0. The summed E-state index contributed by atoms with van der Waals surface area (Å²) in [5, 5.41) is 0. The van der Waals surface area contributed by atoms with E-state index in [1.54, 1.807) is 5.57 Å². The largest absolute Gasteiger partial charge is 0.380 e. The zero-order chi connectivity index (χ0) is 18.2. The van der Waals surface area contributed by atoms with E-state index in [0.29, 0.717) is 11.8 Å². The molecule has 0 radical (unpaired) electrons. The number of carbonyl (C=O) groups is 1. The molecule has 2 unspecified atom stereocenters. The van der Waals surface area contributed by atoms with E-state index in [0.717, 1.165) is 50.9 Å². The van der Waals surface area contributed by atoms with Gasteiger partial charge in [0, 0.05) is 32.3 Å². The average Bonchev–Trinajstić information content (AvgIpc) is 3.10. The number of allylic oxidation sites excluding steroid dienone is 4. The van der Waals surface area contributed by atoms with Crippen molar-refractivity contribution in [2.24, 2.45) is 11.8 Å². The molecular weight excluding hydrogens is 308 g/mol. The third kappa shape index (κ3) is 5.35. The summed E-state index contributed by atoms with van der Waals surface area (Å²) in [6.07, 6.45) is 17.3. The molecule has 0 saturated carbocycles. The van der Waals surface area contributed by atoms with E-state index in [2.05, 4.69) is 54.3 Å².